The Balaban J connectivity index is 2.20. The fourth-order valence-electron chi connectivity index (χ4n) is 2.94. The Morgan fingerprint density at radius 1 is 1.38 bits per heavy atom. The molecule has 0 atom stereocenters. The second-order valence-electron chi connectivity index (χ2n) is 5.73. The van der Waals surface area contributed by atoms with Gasteiger partial charge >= 0.3 is 0 Å². The topological polar surface area (TPSA) is 66.6 Å². The maximum absolute atomic E-state index is 13.4. The van der Waals surface area contributed by atoms with Crippen LogP contribution in [0.5, 0.6) is 5.75 Å². The van der Waals surface area contributed by atoms with Crippen LogP contribution in [0.15, 0.2) is 18.2 Å². The molecule has 1 aliphatic rings. The summed E-state index contributed by atoms with van der Waals surface area (Å²) in [5.74, 6) is -0.984. The quantitative estimate of drug-likeness (QED) is 0.897. The normalized spacial score (nSPS) is 22.0. The van der Waals surface area contributed by atoms with Crippen LogP contribution in [0, 0.1) is 5.82 Å². The Morgan fingerprint density at radius 3 is 2.67 bits per heavy atom. The molecule has 0 saturated heterocycles. The molecule has 5 heteroatoms. The Labute approximate surface area is 124 Å². The van der Waals surface area contributed by atoms with E-state index in [2.05, 4.69) is 0 Å². The van der Waals surface area contributed by atoms with Gasteiger partial charge in [-0.25, -0.2) is 4.39 Å². The summed E-state index contributed by atoms with van der Waals surface area (Å²) in [5, 5.41) is 9.83. The fourth-order valence-corrected chi connectivity index (χ4v) is 2.94. The largest absolute Gasteiger partial charge is 0.507 e. The highest BCUT2D eigenvalue weighted by Crippen LogP contribution is 2.26. The maximum Gasteiger partial charge on any atom is 0.257 e. The molecular formula is C16H23FN2O2. The zero-order valence-electron chi connectivity index (χ0n) is 12.4. The van der Waals surface area contributed by atoms with E-state index in [0.717, 1.165) is 44.2 Å². The first-order valence-electron chi connectivity index (χ1n) is 7.58. The van der Waals surface area contributed by atoms with E-state index in [9.17, 15) is 14.3 Å². The second kappa shape index (κ2) is 6.89. The van der Waals surface area contributed by atoms with Crippen molar-refractivity contribution in [2.75, 3.05) is 6.54 Å². The molecular weight excluding hydrogens is 271 g/mol. The molecule has 3 N–H and O–H groups in total. The molecule has 21 heavy (non-hydrogen) atoms. The summed E-state index contributed by atoms with van der Waals surface area (Å²) in [4.78, 5) is 14.4. The summed E-state index contributed by atoms with van der Waals surface area (Å²) in [6, 6.07) is 3.82. The highest BCUT2D eigenvalue weighted by molar-refractivity contribution is 5.97. The lowest BCUT2D eigenvalue weighted by Gasteiger charge is -2.36. The van der Waals surface area contributed by atoms with Crippen molar-refractivity contribution >= 4 is 5.91 Å². The molecule has 0 aliphatic heterocycles. The lowest BCUT2D eigenvalue weighted by atomic mass is 9.90. The molecule has 0 unspecified atom stereocenters. The average Bonchev–Trinajstić information content (AvgIpc) is 2.48. The van der Waals surface area contributed by atoms with Crippen molar-refractivity contribution in [3.63, 3.8) is 0 Å². The number of nitrogens with two attached hydrogens (primary N) is 1. The molecule has 1 fully saturated rings. The SMILES string of the molecule is CCCN(C(=O)c1cc(F)ccc1O)C1CCC(N)CC1. The summed E-state index contributed by atoms with van der Waals surface area (Å²) in [5.41, 5.74) is 5.95. The van der Waals surface area contributed by atoms with E-state index in [1.807, 2.05) is 6.92 Å². The van der Waals surface area contributed by atoms with Gasteiger partial charge in [-0.1, -0.05) is 6.92 Å². The van der Waals surface area contributed by atoms with Crippen LogP contribution in [-0.2, 0) is 0 Å². The molecule has 1 aliphatic carbocycles. The molecule has 1 aromatic carbocycles. The number of phenols is 1. The number of amides is 1. The monoisotopic (exact) mass is 294 g/mol. The third-order valence-electron chi connectivity index (χ3n) is 4.10. The first-order valence-corrected chi connectivity index (χ1v) is 7.58. The van der Waals surface area contributed by atoms with Crippen molar-refractivity contribution in [2.45, 2.75) is 51.1 Å². The number of phenolic OH excluding ortho intramolecular Hbond substituents is 1. The van der Waals surface area contributed by atoms with Crippen LogP contribution in [0.2, 0.25) is 0 Å². The van der Waals surface area contributed by atoms with E-state index in [1.54, 1.807) is 4.90 Å². The molecule has 1 saturated carbocycles. The first-order chi connectivity index (χ1) is 10.0. The summed E-state index contributed by atoms with van der Waals surface area (Å²) < 4.78 is 13.4. The number of halogens is 1. The van der Waals surface area contributed by atoms with Crippen molar-refractivity contribution in [3.05, 3.63) is 29.6 Å². The van der Waals surface area contributed by atoms with Crippen molar-refractivity contribution < 1.29 is 14.3 Å². The predicted octanol–water partition coefficient (Wildman–Crippen LogP) is 2.65. The van der Waals surface area contributed by atoms with Gasteiger partial charge in [-0.15, -0.1) is 0 Å². The van der Waals surface area contributed by atoms with Crippen molar-refractivity contribution in [1.29, 1.82) is 0 Å². The van der Waals surface area contributed by atoms with E-state index in [0.29, 0.717) is 6.54 Å². The molecule has 116 valence electrons. The van der Waals surface area contributed by atoms with Crippen molar-refractivity contribution in [3.8, 4) is 5.75 Å². The standard InChI is InChI=1S/C16H23FN2O2/c1-2-9-19(13-6-4-12(18)5-7-13)16(21)14-10-11(17)3-8-15(14)20/h3,8,10,12-13,20H,2,4-7,9,18H2,1H3. The molecule has 0 spiro atoms. The maximum atomic E-state index is 13.4. The van der Waals surface area contributed by atoms with Gasteiger partial charge in [-0.3, -0.25) is 4.79 Å². The van der Waals surface area contributed by atoms with Crippen LogP contribution < -0.4 is 5.73 Å². The fraction of sp³-hybridized carbons (Fsp3) is 0.562. The van der Waals surface area contributed by atoms with E-state index >= 15 is 0 Å². The zero-order valence-corrected chi connectivity index (χ0v) is 12.4. The van der Waals surface area contributed by atoms with E-state index < -0.39 is 5.82 Å². The minimum Gasteiger partial charge on any atom is -0.507 e. The number of nitrogens with zero attached hydrogens (tertiary/aromatic N) is 1. The summed E-state index contributed by atoms with van der Waals surface area (Å²) in [7, 11) is 0. The highest BCUT2D eigenvalue weighted by Gasteiger charge is 2.29. The first kappa shape index (κ1) is 15.8. The molecule has 4 nitrogen and oxygen atoms in total. The lowest BCUT2D eigenvalue weighted by Crippen LogP contribution is -2.44. The summed E-state index contributed by atoms with van der Waals surface area (Å²) in [6.07, 6.45) is 4.34. The molecule has 2 rings (SSSR count). The molecule has 0 heterocycles. The van der Waals surface area contributed by atoms with Gasteiger partial charge in [0.1, 0.15) is 11.6 Å². The lowest BCUT2D eigenvalue weighted by molar-refractivity contribution is 0.0623. The summed E-state index contributed by atoms with van der Waals surface area (Å²) >= 11 is 0. The van der Waals surface area contributed by atoms with Crippen LogP contribution in [0.3, 0.4) is 0 Å². The van der Waals surface area contributed by atoms with Gasteiger partial charge in [0, 0.05) is 18.6 Å². The summed E-state index contributed by atoms with van der Waals surface area (Å²) in [6.45, 7) is 2.61. The van der Waals surface area contributed by atoms with Gasteiger partial charge < -0.3 is 15.7 Å². The van der Waals surface area contributed by atoms with Gasteiger partial charge in [0.25, 0.3) is 5.91 Å². The van der Waals surface area contributed by atoms with Gasteiger partial charge in [0.15, 0.2) is 0 Å². The van der Waals surface area contributed by atoms with Crippen molar-refractivity contribution in [1.82, 2.24) is 4.90 Å². The average molecular weight is 294 g/mol. The van der Waals surface area contributed by atoms with Gasteiger partial charge in [0.05, 0.1) is 5.56 Å². The molecule has 0 radical (unpaired) electrons. The second-order valence-corrected chi connectivity index (χ2v) is 5.73. The predicted molar refractivity (Wildman–Crippen MR) is 79.6 cm³/mol. The van der Waals surface area contributed by atoms with Crippen LogP contribution in [0.1, 0.15) is 49.4 Å². The third kappa shape index (κ3) is 3.73. The minimum absolute atomic E-state index is 0.0401. The minimum atomic E-state index is -0.515. The smallest absolute Gasteiger partial charge is 0.257 e. The van der Waals surface area contributed by atoms with Crippen LogP contribution in [0.25, 0.3) is 0 Å². The van der Waals surface area contributed by atoms with E-state index in [-0.39, 0.29) is 29.3 Å². The van der Waals surface area contributed by atoms with Crippen LogP contribution >= 0.6 is 0 Å². The highest BCUT2D eigenvalue weighted by atomic mass is 19.1. The molecule has 1 amide bonds. The zero-order chi connectivity index (χ0) is 15.4. The Hall–Kier alpha value is -1.62. The number of hydrogen-bond donors (Lipinski definition) is 2. The van der Waals surface area contributed by atoms with Crippen LogP contribution in [-0.4, -0.2) is 34.5 Å². The van der Waals surface area contributed by atoms with Gasteiger partial charge in [0.2, 0.25) is 0 Å². The van der Waals surface area contributed by atoms with Crippen molar-refractivity contribution in [2.24, 2.45) is 5.73 Å². The van der Waals surface area contributed by atoms with E-state index in [1.165, 1.54) is 6.07 Å². The number of carbonyl (C=O) groups excluding carboxylic acids is 1. The Kier molecular flexibility index (Phi) is 5.17. The molecule has 0 bridgehead atoms. The molecule has 0 aromatic heterocycles. The van der Waals surface area contributed by atoms with E-state index in [4.69, 9.17) is 5.73 Å². The van der Waals surface area contributed by atoms with Gasteiger partial charge in [-0.05, 0) is 50.3 Å². The van der Waals surface area contributed by atoms with Gasteiger partial charge in [-0.2, -0.15) is 0 Å². The third-order valence-corrected chi connectivity index (χ3v) is 4.10. The molecule has 1 aromatic rings. The number of rotatable bonds is 4. The number of hydrogen-bond acceptors (Lipinski definition) is 3. The van der Waals surface area contributed by atoms with Crippen LogP contribution in [0.4, 0.5) is 4.39 Å². The number of aromatic hydroxyl groups is 1. The Bertz CT molecular complexity index is 499. The Morgan fingerprint density at radius 2 is 2.05 bits per heavy atom. The number of carbonyl (C=O) groups is 1. The number of benzene rings is 1.